The molecule has 12 nitrogen and oxygen atoms in total. The maximum absolute atomic E-state index is 14.7. The van der Waals surface area contributed by atoms with Crippen LogP contribution in [0.5, 0.6) is 0 Å². The smallest absolute Gasteiger partial charge is 0.550 e. The summed E-state index contributed by atoms with van der Waals surface area (Å²) in [6, 6.07) is 8.80. The number of hydrogen-bond donors (Lipinski definition) is 2. The van der Waals surface area contributed by atoms with Crippen molar-refractivity contribution >= 4 is 17.7 Å². The molecule has 342 valence electrons. The summed E-state index contributed by atoms with van der Waals surface area (Å²) >= 11 is 0. The Kier molecular flexibility index (Phi) is 16.9. The summed E-state index contributed by atoms with van der Waals surface area (Å²) in [7, 11) is 0. The van der Waals surface area contributed by atoms with E-state index in [1.165, 1.54) is 0 Å². The minimum absolute atomic E-state index is 0. The van der Waals surface area contributed by atoms with Crippen molar-refractivity contribution in [2.75, 3.05) is 0 Å². The summed E-state index contributed by atoms with van der Waals surface area (Å²) in [6.07, 6.45) is 4.90. The van der Waals surface area contributed by atoms with Gasteiger partial charge >= 0.3 is 35.5 Å². The zero-order valence-corrected chi connectivity index (χ0v) is 41.2. The Morgan fingerprint density at radius 3 is 2.18 bits per heavy atom. The predicted molar refractivity (Wildman–Crippen MR) is 226 cm³/mol. The van der Waals surface area contributed by atoms with Gasteiger partial charge in [-0.05, 0) is 108 Å². The second kappa shape index (κ2) is 20.4. The average molecular weight is 877 g/mol. The molecule has 0 radical (unpaired) electrons. The number of ether oxygens (including phenoxy) is 6. The number of aliphatic carboxylic acids is 1. The zero-order chi connectivity index (χ0) is 44.7. The molecular formula is C49H73NaO12. The number of aliphatic hydroxyl groups excluding tert-OH is 1. The number of hydrogen-bond acceptors (Lipinski definition) is 12. The fraction of sp³-hybridized carbons (Fsp3) is 0.776. The van der Waals surface area contributed by atoms with Gasteiger partial charge in [-0.2, -0.15) is 0 Å². The van der Waals surface area contributed by atoms with Crippen molar-refractivity contribution in [3.05, 3.63) is 48.0 Å². The van der Waals surface area contributed by atoms with Crippen molar-refractivity contribution in [1.82, 2.24) is 0 Å². The van der Waals surface area contributed by atoms with Crippen LogP contribution in [0, 0.1) is 41.4 Å². The second-order valence-corrected chi connectivity index (χ2v) is 19.6. The Morgan fingerprint density at radius 1 is 0.887 bits per heavy atom. The third kappa shape index (κ3) is 10.0. The number of carboxylic acids is 1. The van der Waals surface area contributed by atoms with Crippen LogP contribution in [0.2, 0.25) is 0 Å². The molecule has 0 aromatic heterocycles. The van der Waals surface area contributed by atoms with Gasteiger partial charge in [-0.1, -0.05) is 73.6 Å². The molecule has 6 rings (SSSR count). The molecule has 2 spiro atoms. The first-order chi connectivity index (χ1) is 28.8. The number of carboxylic acid groups (broad SMARTS) is 1. The molecule has 5 aliphatic heterocycles. The van der Waals surface area contributed by atoms with Gasteiger partial charge < -0.3 is 48.5 Å². The summed E-state index contributed by atoms with van der Waals surface area (Å²) in [5, 5.41) is 35.0. The number of esters is 1. The van der Waals surface area contributed by atoms with E-state index < -0.39 is 95.0 Å². The number of Topliss-reactive ketones (excluding diaryl/α,β-unsaturated/α-hetero) is 1. The van der Waals surface area contributed by atoms with E-state index in [-0.39, 0.29) is 59.2 Å². The van der Waals surface area contributed by atoms with Crippen molar-refractivity contribution in [1.29, 1.82) is 0 Å². The standard InChI is InChI=1S/C49H74O12.Na/c1-11-35(44(52)53)37-20-19-28(4)42(57-37)32(8)40(50)31(7)41(51)36(12-2)43-29(5)27-30(6)48(59-43)24-22-39(58-45(54)34-17-15-14-16-18-34)49(61-48)26-25-46(10,60-49)38-21-23-47(55,13-3)33(9)56-38;/h14-18,22,24,28-33,35-40,42-43,50,55H,11-13,19-21,23,25-27H2,1-10H3,(H,52,53);/q;+1/p-1/t28-,29-,30+,31-,32-,33-,35+,36-,37+,38+,39-,40+,42+,43-,46-,47+,48-,49-;/m0./s1. The number of carbonyl (C=O) groups excluding carboxylic acids is 3. The van der Waals surface area contributed by atoms with E-state index in [4.69, 9.17) is 28.4 Å². The molecule has 1 aromatic carbocycles. The second-order valence-electron chi connectivity index (χ2n) is 19.6. The van der Waals surface area contributed by atoms with Crippen LogP contribution in [0.4, 0.5) is 0 Å². The summed E-state index contributed by atoms with van der Waals surface area (Å²) in [6.45, 7) is 19.5. The van der Waals surface area contributed by atoms with Gasteiger partial charge in [-0.3, -0.25) is 4.79 Å². The van der Waals surface area contributed by atoms with Crippen molar-refractivity contribution in [3.8, 4) is 0 Å². The first kappa shape index (κ1) is 51.3. The third-order valence-electron chi connectivity index (χ3n) is 15.7. The Labute approximate surface area is 391 Å². The van der Waals surface area contributed by atoms with Gasteiger partial charge in [0.05, 0.1) is 53.4 Å². The number of aliphatic hydroxyl groups is 2. The van der Waals surface area contributed by atoms with Crippen molar-refractivity contribution in [2.24, 2.45) is 41.4 Å². The molecule has 0 aliphatic carbocycles. The van der Waals surface area contributed by atoms with Gasteiger partial charge in [0.1, 0.15) is 5.78 Å². The normalized spacial score (nSPS) is 40.8. The average Bonchev–Trinajstić information content (AvgIpc) is 3.58. The molecule has 0 bridgehead atoms. The molecule has 62 heavy (non-hydrogen) atoms. The third-order valence-corrected chi connectivity index (χ3v) is 15.7. The molecule has 1 aromatic rings. The van der Waals surface area contributed by atoms with Crippen LogP contribution in [0.1, 0.15) is 144 Å². The van der Waals surface area contributed by atoms with E-state index >= 15 is 0 Å². The van der Waals surface area contributed by atoms with Crippen LogP contribution in [0.25, 0.3) is 0 Å². The molecule has 4 fully saturated rings. The van der Waals surface area contributed by atoms with E-state index in [9.17, 15) is 29.7 Å². The number of benzene rings is 1. The fourth-order valence-corrected chi connectivity index (χ4v) is 11.3. The van der Waals surface area contributed by atoms with Crippen LogP contribution in [0.15, 0.2) is 42.5 Å². The number of rotatable bonds is 14. The predicted octanol–water partition coefficient (Wildman–Crippen LogP) is 3.72. The SMILES string of the molecule is CC[C@@H](C(=O)[C@@H](C)[C@@H](O)[C@H](C)[C@@H]1O[C@@H]([C@@H](CC)C(=O)[O-])CC[C@@H]1C)[C@H]1O[C@]2(C=C[C@H](OC(=O)c3ccccc3)[C@]3(CC[C@@](C)([C@H]4CC[C@](O)(CC)[C@H](C)O4)O3)O2)[C@H](C)C[C@@H]1C.[Na+]. The van der Waals surface area contributed by atoms with Gasteiger partial charge in [-0.25, -0.2) is 4.79 Å². The monoisotopic (exact) mass is 876 g/mol. The summed E-state index contributed by atoms with van der Waals surface area (Å²) < 4.78 is 40.6. The molecule has 0 amide bonds. The minimum Gasteiger partial charge on any atom is -0.550 e. The van der Waals surface area contributed by atoms with E-state index in [0.717, 1.165) is 6.42 Å². The Hall–Kier alpha value is -1.71. The van der Waals surface area contributed by atoms with Gasteiger partial charge in [0, 0.05) is 42.0 Å². The quantitative estimate of drug-likeness (QED) is 0.158. The van der Waals surface area contributed by atoms with E-state index in [2.05, 4.69) is 13.8 Å². The zero-order valence-electron chi connectivity index (χ0n) is 39.2. The first-order valence-corrected chi connectivity index (χ1v) is 23.3. The molecule has 0 unspecified atom stereocenters. The molecule has 5 heterocycles. The topological polar surface area (TPSA) is 170 Å². The molecule has 2 N–H and O–H groups in total. The van der Waals surface area contributed by atoms with Gasteiger partial charge in [-0.15, -0.1) is 0 Å². The van der Waals surface area contributed by atoms with Crippen LogP contribution in [-0.2, 0) is 38.0 Å². The van der Waals surface area contributed by atoms with Crippen molar-refractivity contribution in [3.63, 3.8) is 0 Å². The van der Waals surface area contributed by atoms with Gasteiger partial charge in [0.25, 0.3) is 0 Å². The summed E-state index contributed by atoms with van der Waals surface area (Å²) in [4.78, 5) is 40.2. The van der Waals surface area contributed by atoms with Crippen LogP contribution in [0.3, 0.4) is 0 Å². The largest absolute Gasteiger partial charge is 1.00 e. The summed E-state index contributed by atoms with van der Waals surface area (Å²) in [5.74, 6) is -7.22. The molecule has 13 heteroatoms. The molecule has 0 saturated carbocycles. The molecule has 18 atom stereocenters. The van der Waals surface area contributed by atoms with Crippen LogP contribution in [-0.4, -0.2) is 93.4 Å². The maximum Gasteiger partial charge on any atom is 1.00 e. The van der Waals surface area contributed by atoms with Crippen molar-refractivity contribution < 1.29 is 87.7 Å². The van der Waals surface area contributed by atoms with Crippen molar-refractivity contribution in [2.45, 2.75) is 199 Å². The number of ketones is 1. The fourth-order valence-electron chi connectivity index (χ4n) is 11.3. The Balaban J connectivity index is 0.00000726. The van der Waals surface area contributed by atoms with Crippen LogP contribution < -0.4 is 34.7 Å². The van der Waals surface area contributed by atoms with E-state index in [1.807, 2.05) is 66.7 Å². The number of carbonyl (C=O) groups is 3. The van der Waals surface area contributed by atoms with Gasteiger partial charge in [0.15, 0.2) is 11.9 Å². The summed E-state index contributed by atoms with van der Waals surface area (Å²) in [5.41, 5.74) is -1.37. The minimum atomic E-state index is -1.45. The van der Waals surface area contributed by atoms with Gasteiger partial charge in [0.2, 0.25) is 5.79 Å². The van der Waals surface area contributed by atoms with E-state index in [1.54, 1.807) is 31.2 Å². The molecular weight excluding hydrogens is 804 g/mol. The molecule has 5 aliphatic rings. The van der Waals surface area contributed by atoms with Crippen LogP contribution >= 0.6 is 0 Å². The first-order valence-electron chi connectivity index (χ1n) is 23.3. The maximum atomic E-state index is 14.7. The van der Waals surface area contributed by atoms with E-state index in [0.29, 0.717) is 63.4 Å². The Bertz CT molecular complexity index is 1730. The Morgan fingerprint density at radius 2 is 1.56 bits per heavy atom. The molecule has 4 saturated heterocycles.